The van der Waals surface area contributed by atoms with Gasteiger partial charge in [-0.05, 0) is 43.7 Å². The fourth-order valence-electron chi connectivity index (χ4n) is 3.69. The third-order valence-corrected chi connectivity index (χ3v) is 6.22. The molecule has 2 heterocycles. The van der Waals surface area contributed by atoms with E-state index in [0.717, 1.165) is 46.4 Å². The van der Waals surface area contributed by atoms with Crippen molar-refractivity contribution in [3.05, 3.63) is 56.4 Å². The summed E-state index contributed by atoms with van der Waals surface area (Å²) in [6.45, 7) is 4.81. The van der Waals surface area contributed by atoms with E-state index in [1.54, 1.807) is 29.3 Å². The summed E-state index contributed by atoms with van der Waals surface area (Å²) in [4.78, 5) is 19.9. The summed E-state index contributed by atoms with van der Waals surface area (Å²) in [5, 5.41) is 0.834. The number of benzene rings is 1. The van der Waals surface area contributed by atoms with E-state index >= 15 is 0 Å². The molecular formula is C20H22N2O2S. The highest BCUT2D eigenvalue weighted by Gasteiger charge is 2.23. The second-order valence-electron chi connectivity index (χ2n) is 7.02. The number of nitrogens with zero attached hydrogens (tertiary/aromatic N) is 2. The molecule has 0 aliphatic heterocycles. The predicted octanol–water partition coefficient (Wildman–Crippen LogP) is 3.95. The number of ether oxygens (including phenoxy) is 1. The summed E-state index contributed by atoms with van der Waals surface area (Å²) >= 11 is 1.69. The van der Waals surface area contributed by atoms with Crippen LogP contribution in [0.15, 0.2) is 29.3 Å². The summed E-state index contributed by atoms with van der Waals surface area (Å²) in [7, 11) is 1.66. The Hall–Kier alpha value is -2.14. The molecule has 5 heteroatoms. The van der Waals surface area contributed by atoms with Gasteiger partial charge in [0, 0.05) is 10.4 Å². The Balaban J connectivity index is 1.80. The highest BCUT2D eigenvalue weighted by atomic mass is 32.1. The smallest absolute Gasteiger partial charge is 0.262 e. The molecule has 4 rings (SSSR count). The Morgan fingerprint density at radius 3 is 3.04 bits per heavy atom. The summed E-state index contributed by atoms with van der Waals surface area (Å²) < 4.78 is 7.17. The number of fused-ring (bicyclic) bond motifs is 3. The van der Waals surface area contributed by atoms with Crippen molar-refractivity contribution in [2.45, 2.75) is 39.7 Å². The molecule has 3 aromatic rings. The van der Waals surface area contributed by atoms with Crippen LogP contribution in [0.4, 0.5) is 0 Å². The Kier molecular flexibility index (Phi) is 4.12. The lowest BCUT2D eigenvalue weighted by Crippen LogP contribution is -2.22. The third-order valence-electron chi connectivity index (χ3n) is 5.06. The predicted molar refractivity (Wildman–Crippen MR) is 102 cm³/mol. The van der Waals surface area contributed by atoms with Crippen LogP contribution in [0.2, 0.25) is 0 Å². The van der Waals surface area contributed by atoms with Crippen molar-refractivity contribution in [1.82, 2.24) is 9.55 Å². The largest absolute Gasteiger partial charge is 0.496 e. The molecule has 130 valence electrons. The first kappa shape index (κ1) is 16.3. The third kappa shape index (κ3) is 2.86. The zero-order chi connectivity index (χ0) is 17.6. The summed E-state index contributed by atoms with van der Waals surface area (Å²) in [6, 6.07) is 6.04. The fraction of sp³-hybridized carbons (Fsp3) is 0.400. The van der Waals surface area contributed by atoms with Crippen molar-refractivity contribution in [2.24, 2.45) is 5.92 Å². The van der Waals surface area contributed by atoms with E-state index in [4.69, 9.17) is 4.74 Å². The van der Waals surface area contributed by atoms with E-state index in [1.807, 2.05) is 19.1 Å². The van der Waals surface area contributed by atoms with Gasteiger partial charge in [-0.15, -0.1) is 11.3 Å². The maximum Gasteiger partial charge on any atom is 0.262 e. The van der Waals surface area contributed by atoms with Gasteiger partial charge in [0.15, 0.2) is 0 Å². The first-order valence-corrected chi connectivity index (χ1v) is 9.51. The maximum absolute atomic E-state index is 13.1. The van der Waals surface area contributed by atoms with Gasteiger partial charge in [-0.3, -0.25) is 9.36 Å². The number of hydrogen-bond donors (Lipinski definition) is 0. The van der Waals surface area contributed by atoms with E-state index < -0.39 is 0 Å². The van der Waals surface area contributed by atoms with Crippen LogP contribution in [-0.4, -0.2) is 16.7 Å². The molecule has 0 amide bonds. The molecule has 0 radical (unpaired) electrons. The van der Waals surface area contributed by atoms with Crippen molar-refractivity contribution in [2.75, 3.05) is 7.11 Å². The molecule has 2 aromatic heterocycles. The number of aryl methyl sites for hydroxylation is 2. The Morgan fingerprint density at radius 2 is 2.24 bits per heavy atom. The van der Waals surface area contributed by atoms with E-state index in [1.165, 1.54) is 10.4 Å². The maximum atomic E-state index is 13.1. The topological polar surface area (TPSA) is 44.1 Å². The highest BCUT2D eigenvalue weighted by Crippen LogP contribution is 2.35. The van der Waals surface area contributed by atoms with Crippen LogP contribution in [0.1, 0.15) is 34.9 Å². The number of rotatable bonds is 3. The molecular weight excluding hydrogens is 332 g/mol. The molecule has 0 saturated carbocycles. The molecule has 1 aliphatic carbocycles. The molecule has 0 fully saturated rings. The fourth-order valence-corrected chi connectivity index (χ4v) is 5.03. The molecule has 0 bridgehead atoms. The number of methoxy groups -OCH3 is 1. The second-order valence-corrected chi connectivity index (χ2v) is 8.11. The van der Waals surface area contributed by atoms with Gasteiger partial charge < -0.3 is 4.74 Å². The molecule has 1 atom stereocenters. The van der Waals surface area contributed by atoms with Crippen molar-refractivity contribution in [1.29, 1.82) is 0 Å². The molecule has 1 aliphatic rings. The summed E-state index contributed by atoms with van der Waals surface area (Å²) in [5.41, 5.74) is 3.46. The lowest BCUT2D eigenvalue weighted by Gasteiger charge is -2.17. The van der Waals surface area contributed by atoms with Gasteiger partial charge in [-0.25, -0.2) is 4.98 Å². The van der Waals surface area contributed by atoms with E-state index in [-0.39, 0.29) is 5.56 Å². The molecule has 0 saturated heterocycles. The van der Waals surface area contributed by atoms with Crippen molar-refractivity contribution < 1.29 is 4.74 Å². The van der Waals surface area contributed by atoms with Gasteiger partial charge in [0.2, 0.25) is 0 Å². The van der Waals surface area contributed by atoms with E-state index in [2.05, 4.69) is 18.0 Å². The minimum atomic E-state index is 0.0700. The van der Waals surface area contributed by atoms with Gasteiger partial charge in [0.1, 0.15) is 10.6 Å². The first-order chi connectivity index (χ1) is 12.1. The van der Waals surface area contributed by atoms with Crippen LogP contribution in [-0.2, 0) is 19.4 Å². The molecule has 1 aromatic carbocycles. The van der Waals surface area contributed by atoms with E-state index in [9.17, 15) is 4.79 Å². The van der Waals surface area contributed by atoms with Crippen LogP contribution in [0.5, 0.6) is 5.75 Å². The van der Waals surface area contributed by atoms with Crippen molar-refractivity contribution in [3.63, 3.8) is 0 Å². The SMILES string of the molecule is COc1ccc(C)cc1Cn1cnc2sc3c(c2c1=O)CCC(C)C3. The normalized spacial score (nSPS) is 16.8. The van der Waals surface area contributed by atoms with Crippen LogP contribution in [0.25, 0.3) is 10.2 Å². The average molecular weight is 354 g/mol. The molecule has 1 unspecified atom stereocenters. The van der Waals surface area contributed by atoms with Crippen LogP contribution >= 0.6 is 11.3 Å². The Labute approximate surface area is 151 Å². The van der Waals surface area contributed by atoms with Gasteiger partial charge >= 0.3 is 0 Å². The summed E-state index contributed by atoms with van der Waals surface area (Å²) in [5.74, 6) is 1.50. The standard InChI is InChI=1S/C20H22N2O2S/c1-12-5-7-16(24-3)14(8-12)10-22-11-21-19-18(20(22)23)15-6-4-13(2)9-17(15)25-19/h5,7-8,11,13H,4,6,9-10H2,1-3H3. The highest BCUT2D eigenvalue weighted by molar-refractivity contribution is 7.18. The van der Waals surface area contributed by atoms with Crippen LogP contribution in [0, 0.1) is 12.8 Å². The Bertz CT molecular complexity index is 1000. The van der Waals surface area contributed by atoms with Crippen LogP contribution < -0.4 is 10.3 Å². The quantitative estimate of drug-likeness (QED) is 0.715. The van der Waals surface area contributed by atoms with Gasteiger partial charge in [-0.1, -0.05) is 24.6 Å². The first-order valence-electron chi connectivity index (χ1n) is 8.70. The number of hydrogen-bond acceptors (Lipinski definition) is 4. The van der Waals surface area contributed by atoms with Crippen molar-refractivity contribution in [3.8, 4) is 5.75 Å². The number of aromatic nitrogens is 2. The zero-order valence-electron chi connectivity index (χ0n) is 14.8. The molecule has 25 heavy (non-hydrogen) atoms. The molecule has 4 nitrogen and oxygen atoms in total. The Morgan fingerprint density at radius 1 is 1.40 bits per heavy atom. The number of thiophene rings is 1. The lowest BCUT2D eigenvalue weighted by atomic mass is 9.89. The van der Waals surface area contributed by atoms with Gasteiger partial charge in [-0.2, -0.15) is 0 Å². The van der Waals surface area contributed by atoms with Gasteiger partial charge in [0.25, 0.3) is 5.56 Å². The minimum absolute atomic E-state index is 0.0700. The van der Waals surface area contributed by atoms with E-state index in [0.29, 0.717) is 12.5 Å². The lowest BCUT2D eigenvalue weighted by molar-refractivity contribution is 0.408. The zero-order valence-corrected chi connectivity index (χ0v) is 15.7. The second kappa shape index (κ2) is 6.30. The van der Waals surface area contributed by atoms with Gasteiger partial charge in [0.05, 0.1) is 25.4 Å². The van der Waals surface area contributed by atoms with Crippen LogP contribution in [0.3, 0.4) is 0 Å². The average Bonchev–Trinajstić information content (AvgIpc) is 2.95. The summed E-state index contributed by atoms with van der Waals surface area (Å²) in [6.07, 6.45) is 4.89. The molecule has 0 spiro atoms. The molecule has 0 N–H and O–H groups in total. The monoisotopic (exact) mass is 354 g/mol. The van der Waals surface area contributed by atoms with Crippen molar-refractivity contribution >= 4 is 21.6 Å². The minimum Gasteiger partial charge on any atom is -0.496 e.